The van der Waals surface area contributed by atoms with Crippen LogP contribution in [0.3, 0.4) is 0 Å². The quantitative estimate of drug-likeness (QED) is 0.733. The molecule has 4 heteroatoms. The lowest BCUT2D eigenvalue weighted by Gasteiger charge is -2.13. The summed E-state index contributed by atoms with van der Waals surface area (Å²) in [6, 6.07) is 8.02. The molecule has 4 nitrogen and oxygen atoms in total. The normalized spacial score (nSPS) is 14.4. The first-order valence-electron chi connectivity index (χ1n) is 7.11. The lowest BCUT2D eigenvalue weighted by Crippen LogP contribution is -2.40. The monoisotopic (exact) mass is 271 g/mol. The van der Waals surface area contributed by atoms with Gasteiger partial charge in [0.05, 0.1) is 6.54 Å². The number of nitrogens with two attached hydrogens (primary N) is 1. The van der Waals surface area contributed by atoms with Crippen LogP contribution in [0.1, 0.15) is 36.8 Å². The summed E-state index contributed by atoms with van der Waals surface area (Å²) in [6.07, 6.45) is 4.60. The number of hydrogen-bond acceptors (Lipinski definition) is 2. The van der Waals surface area contributed by atoms with Crippen molar-refractivity contribution >= 4 is 6.03 Å². The maximum absolute atomic E-state index is 11.8. The molecular weight excluding hydrogens is 250 g/mol. The molecule has 2 amide bonds. The molecule has 20 heavy (non-hydrogen) atoms. The number of carbonyl (C=O) groups is 1. The fourth-order valence-electron chi connectivity index (χ4n) is 2.42. The highest BCUT2D eigenvalue weighted by Crippen LogP contribution is 2.17. The van der Waals surface area contributed by atoms with E-state index in [9.17, 15) is 4.79 Å². The van der Waals surface area contributed by atoms with E-state index >= 15 is 0 Å². The molecule has 1 fully saturated rings. The lowest BCUT2D eigenvalue weighted by molar-refractivity contribution is 0.236. The largest absolute Gasteiger partial charge is 0.335 e. The molecule has 1 aromatic carbocycles. The van der Waals surface area contributed by atoms with Crippen molar-refractivity contribution in [2.75, 3.05) is 6.54 Å². The lowest BCUT2D eigenvalue weighted by atomic mass is 10.1. The van der Waals surface area contributed by atoms with Crippen LogP contribution in [-0.4, -0.2) is 18.6 Å². The Kier molecular flexibility index (Phi) is 5.45. The fourth-order valence-corrected chi connectivity index (χ4v) is 2.42. The highest BCUT2D eigenvalue weighted by molar-refractivity contribution is 5.74. The Morgan fingerprint density at radius 2 is 2.05 bits per heavy atom. The average Bonchev–Trinajstić information content (AvgIpc) is 2.96. The van der Waals surface area contributed by atoms with Crippen molar-refractivity contribution in [3.63, 3.8) is 0 Å². The summed E-state index contributed by atoms with van der Waals surface area (Å²) in [7, 11) is 0. The minimum atomic E-state index is -0.0986. The Morgan fingerprint density at radius 1 is 1.30 bits per heavy atom. The highest BCUT2D eigenvalue weighted by Gasteiger charge is 2.16. The standard InChI is InChI=1S/C16H21N3O/c17-11-5-8-13-6-1-2-7-14(13)12-18-16(20)19-15-9-3-4-10-15/h1-2,6-7,15H,3-4,9-12,17H2,(H2,18,19,20). The summed E-state index contributed by atoms with van der Waals surface area (Å²) >= 11 is 0. The van der Waals surface area contributed by atoms with Crippen LogP contribution in [0.15, 0.2) is 24.3 Å². The van der Waals surface area contributed by atoms with Gasteiger partial charge in [-0.25, -0.2) is 4.79 Å². The van der Waals surface area contributed by atoms with E-state index in [1.807, 2.05) is 24.3 Å². The van der Waals surface area contributed by atoms with Crippen LogP contribution in [-0.2, 0) is 6.54 Å². The van der Waals surface area contributed by atoms with Crippen molar-refractivity contribution in [1.29, 1.82) is 0 Å². The number of nitrogens with one attached hydrogen (secondary N) is 2. The Balaban J connectivity index is 1.88. The third kappa shape index (κ3) is 4.29. The summed E-state index contributed by atoms with van der Waals surface area (Å²) in [5.41, 5.74) is 7.31. The minimum Gasteiger partial charge on any atom is -0.335 e. The fraction of sp³-hybridized carbons (Fsp3) is 0.438. The highest BCUT2D eigenvalue weighted by atomic mass is 16.2. The second-order valence-electron chi connectivity index (χ2n) is 4.97. The number of carbonyl (C=O) groups excluding carboxylic acids is 1. The molecule has 4 N–H and O–H groups in total. The van der Waals surface area contributed by atoms with Gasteiger partial charge in [0.15, 0.2) is 0 Å². The van der Waals surface area contributed by atoms with Gasteiger partial charge in [0, 0.05) is 18.2 Å². The Morgan fingerprint density at radius 3 is 2.80 bits per heavy atom. The van der Waals surface area contributed by atoms with E-state index in [1.54, 1.807) is 0 Å². The third-order valence-corrected chi connectivity index (χ3v) is 3.47. The molecule has 1 saturated carbocycles. The second-order valence-corrected chi connectivity index (χ2v) is 4.97. The smallest absolute Gasteiger partial charge is 0.315 e. The summed E-state index contributed by atoms with van der Waals surface area (Å²) < 4.78 is 0. The predicted octanol–water partition coefficient (Wildman–Crippen LogP) is 1.74. The molecule has 0 atom stereocenters. The molecule has 0 aromatic heterocycles. The first-order valence-corrected chi connectivity index (χ1v) is 7.11. The zero-order valence-electron chi connectivity index (χ0n) is 11.6. The van der Waals surface area contributed by atoms with Crippen LogP contribution in [0.5, 0.6) is 0 Å². The summed E-state index contributed by atoms with van der Waals surface area (Å²) in [5, 5.41) is 5.90. The summed E-state index contributed by atoms with van der Waals surface area (Å²) in [5.74, 6) is 5.86. The topological polar surface area (TPSA) is 67.1 Å². The zero-order valence-corrected chi connectivity index (χ0v) is 11.6. The van der Waals surface area contributed by atoms with Gasteiger partial charge in [-0.3, -0.25) is 0 Å². The first-order chi connectivity index (χ1) is 9.79. The van der Waals surface area contributed by atoms with E-state index in [0.717, 1.165) is 24.0 Å². The number of benzene rings is 1. The maximum atomic E-state index is 11.8. The van der Waals surface area contributed by atoms with E-state index in [4.69, 9.17) is 5.73 Å². The molecule has 1 aromatic rings. The van der Waals surface area contributed by atoms with Crippen molar-refractivity contribution < 1.29 is 4.79 Å². The van der Waals surface area contributed by atoms with Gasteiger partial charge in [-0.2, -0.15) is 0 Å². The van der Waals surface area contributed by atoms with Gasteiger partial charge in [0.1, 0.15) is 0 Å². The van der Waals surface area contributed by atoms with Crippen LogP contribution in [0.25, 0.3) is 0 Å². The molecule has 106 valence electrons. The number of urea groups is 1. The van der Waals surface area contributed by atoms with Crippen molar-refractivity contribution in [2.45, 2.75) is 38.3 Å². The van der Waals surface area contributed by atoms with E-state index in [0.29, 0.717) is 19.1 Å². The van der Waals surface area contributed by atoms with E-state index in [-0.39, 0.29) is 6.03 Å². The molecule has 0 aliphatic heterocycles. The van der Waals surface area contributed by atoms with Gasteiger partial charge in [0.25, 0.3) is 0 Å². The average molecular weight is 271 g/mol. The third-order valence-electron chi connectivity index (χ3n) is 3.47. The van der Waals surface area contributed by atoms with Crippen LogP contribution in [0, 0.1) is 11.8 Å². The number of hydrogen-bond donors (Lipinski definition) is 3. The zero-order chi connectivity index (χ0) is 14.2. The van der Waals surface area contributed by atoms with Crippen LogP contribution in [0.4, 0.5) is 4.79 Å². The first kappa shape index (κ1) is 14.4. The predicted molar refractivity (Wildman–Crippen MR) is 80.0 cm³/mol. The van der Waals surface area contributed by atoms with Crippen molar-refractivity contribution in [1.82, 2.24) is 10.6 Å². The van der Waals surface area contributed by atoms with Crippen molar-refractivity contribution in [3.05, 3.63) is 35.4 Å². The van der Waals surface area contributed by atoms with Gasteiger partial charge in [-0.05, 0) is 24.5 Å². The van der Waals surface area contributed by atoms with E-state index in [1.165, 1.54) is 12.8 Å². The van der Waals surface area contributed by atoms with Crippen LogP contribution in [0.2, 0.25) is 0 Å². The molecule has 0 heterocycles. The van der Waals surface area contributed by atoms with Gasteiger partial charge in [0.2, 0.25) is 0 Å². The molecule has 0 radical (unpaired) electrons. The molecule has 0 unspecified atom stereocenters. The van der Waals surface area contributed by atoms with Gasteiger partial charge in [-0.1, -0.05) is 42.9 Å². The Bertz CT molecular complexity index is 510. The summed E-state index contributed by atoms with van der Waals surface area (Å²) in [4.78, 5) is 11.8. The SMILES string of the molecule is NCC#Cc1ccccc1CNC(=O)NC1CCCC1. The molecule has 0 spiro atoms. The van der Waals surface area contributed by atoms with Crippen LogP contribution < -0.4 is 16.4 Å². The van der Waals surface area contributed by atoms with Gasteiger partial charge < -0.3 is 16.4 Å². The summed E-state index contributed by atoms with van der Waals surface area (Å²) in [6.45, 7) is 0.817. The van der Waals surface area contributed by atoms with Crippen molar-refractivity contribution in [3.8, 4) is 11.8 Å². The molecule has 2 rings (SSSR count). The Labute approximate surface area is 120 Å². The number of amides is 2. The van der Waals surface area contributed by atoms with Crippen LogP contribution >= 0.6 is 0 Å². The van der Waals surface area contributed by atoms with E-state index < -0.39 is 0 Å². The van der Waals surface area contributed by atoms with E-state index in [2.05, 4.69) is 22.5 Å². The minimum absolute atomic E-state index is 0.0986. The molecule has 1 aliphatic rings. The maximum Gasteiger partial charge on any atom is 0.315 e. The van der Waals surface area contributed by atoms with Gasteiger partial charge in [-0.15, -0.1) is 0 Å². The van der Waals surface area contributed by atoms with Crippen molar-refractivity contribution in [2.24, 2.45) is 5.73 Å². The molecule has 0 saturated heterocycles. The molecular formula is C16H21N3O. The Hall–Kier alpha value is -1.99. The molecule has 1 aliphatic carbocycles. The number of rotatable bonds is 3. The second kappa shape index (κ2) is 7.56. The molecule has 0 bridgehead atoms. The van der Waals surface area contributed by atoms with Gasteiger partial charge >= 0.3 is 6.03 Å².